The average Bonchev–Trinajstić information content (AvgIpc) is 3.84. The zero-order chi connectivity index (χ0) is 40.4. The highest BCUT2D eigenvalue weighted by molar-refractivity contribution is 7.07. The van der Waals surface area contributed by atoms with Crippen LogP contribution in [-0.4, -0.2) is 57.5 Å². The minimum Gasteiger partial charge on any atom is -0.481 e. The molecule has 4 aromatic rings. The average molecular weight is 789 g/mol. The van der Waals surface area contributed by atoms with Gasteiger partial charge in [0.2, 0.25) is 5.82 Å². The van der Waals surface area contributed by atoms with Gasteiger partial charge in [0.05, 0.1) is 40.2 Å². The molecule has 0 amide bonds. The molecule has 2 aliphatic rings. The normalized spacial score (nSPS) is 19.8. The number of aliphatic carboxylic acids is 1. The van der Waals surface area contributed by atoms with Crippen molar-refractivity contribution in [3.05, 3.63) is 140 Å². The predicted molar refractivity (Wildman–Crippen MR) is 198 cm³/mol. The molecule has 0 saturated heterocycles. The zero-order valence-corrected chi connectivity index (χ0v) is 31.3. The van der Waals surface area contributed by atoms with Crippen molar-refractivity contribution in [2.24, 2.45) is 0 Å². The summed E-state index contributed by atoms with van der Waals surface area (Å²) in [4.78, 5) is 33.7. The van der Waals surface area contributed by atoms with Gasteiger partial charge in [-0.2, -0.15) is 5.26 Å². The number of carbonyl (C=O) groups excluding carboxylic acids is 1. The fourth-order valence-electron chi connectivity index (χ4n) is 7.59. The summed E-state index contributed by atoms with van der Waals surface area (Å²) in [5.74, 6) is -11.1. The van der Waals surface area contributed by atoms with E-state index in [0.717, 1.165) is 28.2 Å². The highest BCUT2D eigenvalue weighted by atomic mass is 32.1. The first-order chi connectivity index (χ1) is 26.7. The molecule has 0 fully saturated rings. The first-order valence-corrected chi connectivity index (χ1v) is 18.3. The number of aryl methyl sites for hydroxylation is 1. The fourth-order valence-corrected chi connectivity index (χ4v) is 8.14. The van der Waals surface area contributed by atoms with Crippen LogP contribution in [0.3, 0.4) is 0 Å². The van der Waals surface area contributed by atoms with Gasteiger partial charge in [0, 0.05) is 40.7 Å². The second-order valence-corrected chi connectivity index (χ2v) is 14.6. The largest absolute Gasteiger partial charge is 0.481 e. The summed E-state index contributed by atoms with van der Waals surface area (Å²) in [5, 5.41) is 22.0. The minimum atomic E-state index is -2.28. The number of rotatable bonds is 14. The highest BCUT2D eigenvalue weighted by Gasteiger charge is 2.48. The van der Waals surface area contributed by atoms with Crippen LogP contribution >= 0.6 is 11.3 Å². The van der Waals surface area contributed by atoms with Crippen LogP contribution in [0.25, 0.3) is 0 Å². The van der Waals surface area contributed by atoms with Crippen LogP contribution in [0, 0.1) is 47.3 Å². The van der Waals surface area contributed by atoms with Crippen molar-refractivity contribution in [3.63, 3.8) is 0 Å². The second kappa shape index (κ2) is 16.0. The van der Waals surface area contributed by atoms with Crippen LogP contribution in [0.15, 0.2) is 83.0 Å². The van der Waals surface area contributed by atoms with Crippen molar-refractivity contribution in [3.8, 4) is 6.07 Å². The molecule has 0 radical (unpaired) electrons. The third-order valence-electron chi connectivity index (χ3n) is 10.3. The van der Waals surface area contributed by atoms with Crippen LogP contribution in [-0.2, 0) is 38.0 Å². The molecule has 4 heterocycles. The van der Waals surface area contributed by atoms with Crippen molar-refractivity contribution in [2.75, 3.05) is 24.6 Å². The van der Waals surface area contributed by atoms with Gasteiger partial charge in [-0.05, 0) is 80.2 Å². The maximum atomic E-state index is 15.2. The minimum absolute atomic E-state index is 0.00401. The second-order valence-electron chi connectivity index (χ2n) is 13.9. The molecule has 0 aliphatic carbocycles. The third kappa shape index (κ3) is 7.24. The van der Waals surface area contributed by atoms with Gasteiger partial charge in [0.1, 0.15) is 25.1 Å². The Balaban J connectivity index is 1.48. The molecule has 2 unspecified atom stereocenters. The number of fused-ring (bicyclic) bond motifs is 2. The summed E-state index contributed by atoms with van der Waals surface area (Å²) < 4.78 is 79.8. The number of pyridine rings is 1. The van der Waals surface area contributed by atoms with Crippen molar-refractivity contribution >= 4 is 41.0 Å². The number of nitrogens with zero attached hydrogens (tertiary/aromatic N) is 5. The SMILES string of the molecule is Cc1ccc2c(c1)C(C)(Cc1cscn1)C(=CC=C(C#N)C=CC1=[N+](CCOC=O)c3ncccc3C1(C)Cc1c(F)c(F)c(F)c(F)c1F)N2CCC(=O)O. The number of carbonyl (C=O) groups is 2. The number of ether oxygens (including phenoxy) is 1. The lowest BCUT2D eigenvalue weighted by atomic mass is 9.74. The quantitative estimate of drug-likeness (QED) is 0.0202. The molecule has 9 nitrogen and oxygen atoms in total. The summed E-state index contributed by atoms with van der Waals surface area (Å²) >= 11 is 1.45. The van der Waals surface area contributed by atoms with E-state index >= 15 is 8.78 Å². The lowest BCUT2D eigenvalue weighted by Crippen LogP contribution is -2.35. The number of nitriles is 1. The van der Waals surface area contributed by atoms with E-state index < -0.39 is 57.9 Å². The van der Waals surface area contributed by atoms with Crippen molar-refractivity contribution in [1.29, 1.82) is 5.26 Å². The van der Waals surface area contributed by atoms with E-state index in [-0.39, 0.29) is 43.9 Å². The number of carboxylic acids is 1. The van der Waals surface area contributed by atoms with Crippen LogP contribution in [0.4, 0.5) is 33.5 Å². The Kier molecular flexibility index (Phi) is 11.3. The van der Waals surface area contributed by atoms with Crippen LogP contribution in [0.2, 0.25) is 0 Å². The van der Waals surface area contributed by atoms with E-state index in [4.69, 9.17) is 4.74 Å². The topological polar surface area (TPSA) is 119 Å². The monoisotopic (exact) mass is 788 g/mol. The molecule has 56 heavy (non-hydrogen) atoms. The molecule has 2 aromatic heterocycles. The number of aromatic nitrogens is 2. The molecule has 288 valence electrons. The maximum absolute atomic E-state index is 15.2. The van der Waals surface area contributed by atoms with Crippen LogP contribution in [0.5, 0.6) is 0 Å². The standard InChI is InChI=1S/C41H34F5N5O4S/c1-24-6-9-30-29(17-24)40(2,18-26-21-56-22-49-26)31(50(30)14-12-33(53)54)10-7-25(20-47)8-11-32-41(3,19-27-34(42)36(44)38(46)37(45)35(27)43)28-5-4-13-48-39(28)51(32)15-16-55-23-52/h4-11,13,17,21-23H,12,14-16,18-19H2,1-3H3/p+1. The van der Waals surface area contributed by atoms with E-state index in [1.54, 1.807) is 41.3 Å². The van der Waals surface area contributed by atoms with Gasteiger partial charge < -0.3 is 14.7 Å². The lowest BCUT2D eigenvalue weighted by molar-refractivity contribution is -0.444. The Morgan fingerprint density at radius 3 is 2.43 bits per heavy atom. The summed E-state index contributed by atoms with van der Waals surface area (Å²) in [6.45, 7) is 5.80. The Morgan fingerprint density at radius 2 is 1.77 bits per heavy atom. The fraction of sp³-hybridized carbons (Fsp3) is 0.268. The predicted octanol–water partition coefficient (Wildman–Crippen LogP) is 7.70. The van der Waals surface area contributed by atoms with Crippen LogP contribution in [0.1, 0.15) is 48.2 Å². The number of allylic oxidation sites excluding steroid dienone is 6. The molecular formula is C41H35F5N5O4S+. The molecule has 15 heteroatoms. The molecule has 2 aromatic carbocycles. The summed E-state index contributed by atoms with van der Waals surface area (Å²) in [6, 6.07) is 11.3. The number of benzene rings is 2. The molecule has 0 spiro atoms. The van der Waals surface area contributed by atoms with E-state index in [9.17, 15) is 33.1 Å². The van der Waals surface area contributed by atoms with E-state index in [0.29, 0.717) is 17.8 Å². The number of thiazole rings is 1. The molecule has 0 bridgehead atoms. The van der Waals surface area contributed by atoms with E-state index in [1.807, 2.05) is 36.3 Å². The first-order valence-electron chi connectivity index (χ1n) is 17.4. The lowest BCUT2D eigenvalue weighted by Gasteiger charge is -2.30. The number of carboxylic acid groups (broad SMARTS) is 1. The molecule has 2 aliphatic heterocycles. The van der Waals surface area contributed by atoms with Crippen molar-refractivity contribution < 1.29 is 46.0 Å². The van der Waals surface area contributed by atoms with Crippen LogP contribution < -0.4 is 4.90 Å². The Bertz CT molecular complexity index is 2360. The maximum Gasteiger partial charge on any atom is 0.327 e. The summed E-state index contributed by atoms with van der Waals surface area (Å²) in [6.07, 6.45) is 7.37. The van der Waals surface area contributed by atoms with Gasteiger partial charge in [-0.1, -0.05) is 17.7 Å². The van der Waals surface area contributed by atoms with Gasteiger partial charge in [-0.15, -0.1) is 11.3 Å². The summed E-state index contributed by atoms with van der Waals surface area (Å²) in [5.41, 5.74) is 3.67. The molecule has 1 N–H and O–H groups in total. The summed E-state index contributed by atoms with van der Waals surface area (Å²) in [7, 11) is 0. The van der Waals surface area contributed by atoms with E-state index in [2.05, 4.69) is 22.1 Å². The van der Waals surface area contributed by atoms with Gasteiger partial charge in [-0.25, -0.2) is 31.5 Å². The molecule has 6 rings (SSSR count). The number of hydrogen-bond donors (Lipinski definition) is 1. The molecular weight excluding hydrogens is 754 g/mol. The Hall–Kier alpha value is -6.01. The number of anilines is 1. The third-order valence-corrected chi connectivity index (χ3v) is 10.9. The molecule has 2 atom stereocenters. The van der Waals surface area contributed by atoms with Gasteiger partial charge in [-0.3, -0.25) is 9.59 Å². The van der Waals surface area contributed by atoms with Crippen molar-refractivity contribution in [2.45, 2.75) is 50.9 Å². The Labute approximate surface area is 323 Å². The van der Waals surface area contributed by atoms with Gasteiger partial charge >= 0.3 is 11.8 Å². The highest BCUT2D eigenvalue weighted by Crippen LogP contribution is 2.50. The molecule has 0 saturated carbocycles. The number of hydrogen-bond acceptors (Lipinski definition) is 8. The van der Waals surface area contributed by atoms with E-state index in [1.165, 1.54) is 29.7 Å². The van der Waals surface area contributed by atoms with Gasteiger partial charge in [0.25, 0.3) is 6.47 Å². The number of halogens is 5. The van der Waals surface area contributed by atoms with Gasteiger partial charge in [0.15, 0.2) is 23.3 Å². The zero-order valence-electron chi connectivity index (χ0n) is 30.5. The smallest absolute Gasteiger partial charge is 0.327 e. The Morgan fingerprint density at radius 1 is 1.04 bits per heavy atom. The van der Waals surface area contributed by atoms with Crippen molar-refractivity contribution in [1.82, 2.24) is 9.97 Å². The first kappa shape index (κ1) is 39.7.